The van der Waals surface area contributed by atoms with Crippen molar-refractivity contribution < 1.29 is 10.2 Å². The smallest absolute Gasteiger partial charge is 0.127 e. The lowest BCUT2D eigenvalue weighted by Gasteiger charge is -2.10. The van der Waals surface area contributed by atoms with Gasteiger partial charge in [0.05, 0.1) is 5.69 Å². The molecule has 0 bridgehead atoms. The highest BCUT2D eigenvalue weighted by molar-refractivity contribution is 7.15. The SMILES string of the molecule is CCc1ccc(-c2cc(NCCCO)nc(-c3ccc(O)cc3)c2)s1. The fraction of sp³-hybridized carbons (Fsp3) is 0.250. The van der Waals surface area contributed by atoms with E-state index in [9.17, 15) is 5.11 Å². The van der Waals surface area contributed by atoms with E-state index in [4.69, 9.17) is 5.11 Å². The first kappa shape index (κ1) is 17.5. The number of nitrogens with zero attached hydrogens (tertiary/aromatic N) is 1. The molecule has 25 heavy (non-hydrogen) atoms. The summed E-state index contributed by atoms with van der Waals surface area (Å²) in [5.41, 5.74) is 2.93. The van der Waals surface area contributed by atoms with Crippen molar-refractivity contribution in [1.29, 1.82) is 0 Å². The summed E-state index contributed by atoms with van der Waals surface area (Å²) >= 11 is 1.79. The molecule has 0 aliphatic heterocycles. The van der Waals surface area contributed by atoms with Crippen LogP contribution in [0.4, 0.5) is 5.82 Å². The van der Waals surface area contributed by atoms with E-state index in [1.165, 1.54) is 9.75 Å². The number of phenolic OH excluding ortho intramolecular Hbond substituents is 1. The topological polar surface area (TPSA) is 65.4 Å². The second-order valence-electron chi connectivity index (χ2n) is 5.80. The van der Waals surface area contributed by atoms with Crippen LogP contribution in [0, 0.1) is 0 Å². The molecule has 3 N–H and O–H groups in total. The van der Waals surface area contributed by atoms with E-state index >= 15 is 0 Å². The molecule has 0 spiro atoms. The van der Waals surface area contributed by atoms with Crippen molar-refractivity contribution in [1.82, 2.24) is 4.98 Å². The molecule has 0 fully saturated rings. The summed E-state index contributed by atoms with van der Waals surface area (Å²) in [6, 6.07) is 15.5. The Morgan fingerprint density at radius 2 is 1.84 bits per heavy atom. The fourth-order valence-corrected chi connectivity index (χ4v) is 3.50. The van der Waals surface area contributed by atoms with E-state index in [0.29, 0.717) is 13.0 Å². The van der Waals surface area contributed by atoms with Crippen LogP contribution >= 0.6 is 11.3 Å². The number of aryl methyl sites for hydroxylation is 1. The van der Waals surface area contributed by atoms with Crippen molar-refractivity contribution in [3.63, 3.8) is 0 Å². The number of phenols is 1. The molecular weight excluding hydrogens is 332 g/mol. The predicted molar refractivity (Wildman–Crippen MR) is 104 cm³/mol. The van der Waals surface area contributed by atoms with Gasteiger partial charge in [0, 0.05) is 28.5 Å². The van der Waals surface area contributed by atoms with Crippen molar-refractivity contribution in [2.45, 2.75) is 19.8 Å². The molecule has 0 saturated heterocycles. The molecule has 130 valence electrons. The Bertz CT molecular complexity index is 828. The van der Waals surface area contributed by atoms with E-state index in [1.54, 1.807) is 23.5 Å². The van der Waals surface area contributed by atoms with Crippen LogP contribution in [0.25, 0.3) is 21.7 Å². The number of pyridine rings is 1. The van der Waals surface area contributed by atoms with Crippen LogP contribution in [0.15, 0.2) is 48.5 Å². The van der Waals surface area contributed by atoms with Gasteiger partial charge in [-0.25, -0.2) is 4.98 Å². The van der Waals surface area contributed by atoms with Crippen molar-refractivity contribution in [2.75, 3.05) is 18.5 Å². The molecule has 0 aliphatic carbocycles. The summed E-state index contributed by atoms with van der Waals surface area (Å²) < 4.78 is 0. The second-order valence-corrected chi connectivity index (χ2v) is 6.96. The molecule has 0 amide bonds. The lowest BCUT2D eigenvalue weighted by atomic mass is 10.1. The summed E-state index contributed by atoms with van der Waals surface area (Å²) in [5.74, 6) is 1.03. The Morgan fingerprint density at radius 1 is 1.04 bits per heavy atom. The molecule has 0 unspecified atom stereocenters. The molecule has 2 aromatic heterocycles. The van der Waals surface area contributed by atoms with Crippen LogP contribution in [0.1, 0.15) is 18.2 Å². The zero-order valence-corrected chi connectivity index (χ0v) is 15.0. The number of aliphatic hydroxyl groups excluding tert-OH is 1. The van der Waals surface area contributed by atoms with Crippen LogP contribution in [-0.2, 0) is 6.42 Å². The minimum absolute atomic E-state index is 0.155. The second kappa shape index (κ2) is 8.14. The Labute approximate surface area is 151 Å². The van der Waals surface area contributed by atoms with E-state index in [-0.39, 0.29) is 12.4 Å². The number of aromatic nitrogens is 1. The maximum atomic E-state index is 9.51. The first-order valence-electron chi connectivity index (χ1n) is 8.45. The van der Waals surface area contributed by atoms with Crippen LogP contribution < -0.4 is 5.32 Å². The number of thiophene rings is 1. The number of aliphatic hydroxyl groups is 1. The lowest BCUT2D eigenvalue weighted by molar-refractivity contribution is 0.292. The fourth-order valence-electron chi connectivity index (χ4n) is 2.56. The summed E-state index contributed by atoms with van der Waals surface area (Å²) in [6.07, 6.45) is 1.71. The molecule has 5 heteroatoms. The molecule has 4 nitrogen and oxygen atoms in total. The van der Waals surface area contributed by atoms with Gasteiger partial charge in [-0.3, -0.25) is 0 Å². The largest absolute Gasteiger partial charge is 0.508 e. The quantitative estimate of drug-likeness (QED) is 0.545. The van der Waals surface area contributed by atoms with Gasteiger partial charge in [0.1, 0.15) is 11.6 Å². The highest BCUT2D eigenvalue weighted by Gasteiger charge is 2.09. The summed E-state index contributed by atoms with van der Waals surface area (Å²) in [4.78, 5) is 7.25. The maximum Gasteiger partial charge on any atom is 0.127 e. The zero-order valence-electron chi connectivity index (χ0n) is 14.2. The average Bonchev–Trinajstić information content (AvgIpc) is 3.12. The van der Waals surface area contributed by atoms with Crippen molar-refractivity contribution in [2.24, 2.45) is 0 Å². The van der Waals surface area contributed by atoms with Gasteiger partial charge in [-0.2, -0.15) is 0 Å². The maximum absolute atomic E-state index is 9.51. The number of rotatable bonds is 7. The van der Waals surface area contributed by atoms with E-state index < -0.39 is 0 Å². The minimum atomic E-state index is 0.155. The molecule has 3 rings (SSSR count). The van der Waals surface area contributed by atoms with Crippen molar-refractivity contribution >= 4 is 17.2 Å². The Balaban J connectivity index is 1.99. The van der Waals surface area contributed by atoms with Crippen molar-refractivity contribution in [3.8, 4) is 27.4 Å². The van der Waals surface area contributed by atoms with Gasteiger partial charge in [-0.15, -0.1) is 11.3 Å². The number of anilines is 1. The molecule has 0 saturated carbocycles. The number of nitrogens with one attached hydrogen (secondary N) is 1. The standard InChI is InChI=1S/C20H22N2O2S/c1-2-17-8-9-19(25-17)15-12-18(14-4-6-16(24)7-5-14)22-20(13-15)21-10-3-11-23/h4-9,12-13,23-24H,2-3,10-11H2,1H3,(H,21,22). The lowest BCUT2D eigenvalue weighted by Crippen LogP contribution is -2.05. The van der Waals surface area contributed by atoms with Gasteiger partial charge in [0.25, 0.3) is 0 Å². The summed E-state index contributed by atoms with van der Waals surface area (Å²) in [6.45, 7) is 2.99. The summed E-state index contributed by atoms with van der Waals surface area (Å²) in [7, 11) is 0. The number of aromatic hydroxyl groups is 1. The Kier molecular flexibility index (Phi) is 5.68. The van der Waals surface area contributed by atoms with Crippen molar-refractivity contribution in [3.05, 3.63) is 53.4 Å². The average molecular weight is 354 g/mol. The molecule has 0 atom stereocenters. The molecule has 0 radical (unpaired) electrons. The van der Waals surface area contributed by atoms with E-state index in [1.807, 2.05) is 18.2 Å². The van der Waals surface area contributed by atoms with Crippen LogP contribution in [0.3, 0.4) is 0 Å². The van der Waals surface area contributed by atoms with Gasteiger partial charge >= 0.3 is 0 Å². The molecule has 0 aliphatic rings. The minimum Gasteiger partial charge on any atom is -0.508 e. The molecular formula is C20H22N2O2S. The number of hydrogen-bond donors (Lipinski definition) is 3. The monoisotopic (exact) mass is 354 g/mol. The van der Waals surface area contributed by atoms with Gasteiger partial charge < -0.3 is 15.5 Å². The van der Waals surface area contributed by atoms with E-state index in [2.05, 4.69) is 35.4 Å². The number of benzene rings is 1. The Hall–Kier alpha value is -2.37. The van der Waals surface area contributed by atoms with Gasteiger partial charge in [0.15, 0.2) is 0 Å². The first-order chi connectivity index (χ1) is 12.2. The highest BCUT2D eigenvalue weighted by Crippen LogP contribution is 2.33. The van der Waals surface area contributed by atoms with Crippen LogP contribution in [0.5, 0.6) is 5.75 Å². The zero-order chi connectivity index (χ0) is 17.6. The summed E-state index contributed by atoms with van der Waals surface area (Å²) in [5, 5.41) is 21.8. The molecule has 1 aromatic carbocycles. The van der Waals surface area contributed by atoms with Gasteiger partial charge in [0.2, 0.25) is 0 Å². The van der Waals surface area contributed by atoms with Gasteiger partial charge in [-0.1, -0.05) is 6.92 Å². The third-order valence-electron chi connectivity index (χ3n) is 3.92. The number of hydrogen-bond acceptors (Lipinski definition) is 5. The normalized spacial score (nSPS) is 10.8. The third-order valence-corrected chi connectivity index (χ3v) is 5.20. The van der Waals surface area contributed by atoms with Crippen LogP contribution in [-0.4, -0.2) is 28.3 Å². The first-order valence-corrected chi connectivity index (χ1v) is 9.26. The molecule has 3 aromatic rings. The van der Waals surface area contributed by atoms with Crippen LogP contribution in [0.2, 0.25) is 0 Å². The Morgan fingerprint density at radius 3 is 2.52 bits per heavy atom. The van der Waals surface area contributed by atoms with E-state index in [0.717, 1.165) is 29.1 Å². The molecule has 2 heterocycles. The third kappa shape index (κ3) is 4.38. The van der Waals surface area contributed by atoms with Gasteiger partial charge in [-0.05, 0) is 66.9 Å². The predicted octanol–water partition coefficient (Wildman–Crippen LogP) is 4.54. The highest BCUT2D eigenvalue weighted by atomic mass is 32.1.